The second-order valence-electron chi connectivity index (χ2n) is 3.21. The van der Waals surface area contributed by atoms with Crippen LogP contribution in [0.2, 0.25) is 0 Å². The third kappa shape index (κ3) is 1.46. The van der Waals surface area contributed by atoms with Gasteiger partial charge in [0.05, 0.1) is 5.52 Å². The molecule has 0 spiro atoms. The lowest BCUT2D eigenvalue weighted by Gasteiger charge is -2.04. The summed E-state index contributed by atoms with van der Waals surface area (Å²) in [6.45, 7) is 4.25. The van der Waals surface area contributed by atoms with Crippen molar-refractivity contribution in [2.45, 2.75) is 13.8 Å². The molecular weight excluding hydrogens is 226 g/mol. The van der Waals surface area contributed by atoms with Gasteiger partial charge in [0.1, 0.15) is 4.60 Å². The van der Waals surface area contributed by atoms with E-state index < -0.39 is 0 Å². The van der Waals surface area contributed by atoms with E-state index in [9.17, 15) is 0 Å². The second-order valence-corrected chi connectivity index (χ2v) is 4.02. The van der Waals surface area contributed by atoms with Gasteiger partial charge in [-0.3, -0.25) is 0 Å². The maximum atomic E-state index is 4.39. The maximum Gasteiger partial charge on any atom is 0.106 e. The fraction of sp³-hybridized carbons (Fsp3) is 0.182. The van der Waals surface area contributed by atoms with Crippen molar-refractivity contribution in [3.05, 3.63) is 40.0 Å². The highest BCUT2D eigenvalue weighted by Crippen LogP contribution is 2.21. The highest BCUT2D eigenvalue weighted by Gasteiger charge is 2.00. The molecule has 1 aromatic heterocycles. The van der Waals surface area contributed by atoms with Crippen LogP contribution in [0.25, 0.3) is 10.9 Å². The standard InChI is InChI=1S/C11H10BrN/c1-7-3-5-10-9(8(7)2)4-6-11(12)13-10/h3-6H,1-2H3. The van der Waals surface area contributed by atoms with Crippen LogP contribution in [-0.2, 0) is 0 Å². The van der Waals surface area contributed by atoms with Gasteiger partial charge in [-0.1, -0.05) is 6.07 Å². The lowest BCUT2D eigenvalue weighted by atomic mass is 10.0. The van der Waals surface area contributed by atoms with Gasteiger partial charge in [0.25, 0.3) is 0 Å². The molecule has 0 fully saturated rings. The molecule has 1 heterocycles. The van der Waals surface area contributed by atoms with Crippen LogP contribution in [0.3, 0.4) is 0 Å². The van der Waals surface area contributed by atoms with E-state index in [4.69, 9.17) is 0 Å². The number of fused-ring (bicyclic) bond motifs is 1. The van der Waals surface area contributed by atoms with Crippen molar-refractivity contribution in [2.24, 2.45) is 0 Å². The fourth-order valence-electron chi connectivity index (χ4n) is 1.44. The Morgan fingerprint density at radius 3 is 2.62 bits per heavy atom. The van der Waals surface area contributed by atoms with Crippen LogP contribution in [0.15, 0.2) is 28.9 Å². The number of aryl methyl sites for hydroxylation is 2. The Kier molecular flexibility index (Phi) is 2.08. The van der Waals surface area contributed by atoms with Crippen LogP contribution in [0.4, 0.5) is 0 Å². The molecule has 2 heteroatoms. The molecule has 0 aliphatic carbocycles. The summed E-state index contributed by atoms with van der Waals surface area (Å²) in [5.41, 5.74) is 3.69. The van der Waals surface area contributed by atoms with Crippen molar-refractivity contribution >= 4 is 26.8 Å². The first kappa shape index (κ1) is 8.70. The number of halogens is 1. The normalized spacial score (nSPS) is 10.7. The average molecular weight is 236 g/mol. The van der Waals surface area contributed by atoms with E-state index in [0.29, 0.717) is 0 Å². The molecule has 0 aliphatic heterocycles. The third-order valence-electron chi connectivity index (χ3n) is 2.38. The Hall–Kier alpha value is -0.890. The first-order chi connectivity index (χ1) is 6.18. The summed E-state index contributed by atoms with van der Waals surface area (Å²) < 4.78 is 0.892. The van der Waals surface area contributed by atoms with Crippen LogP contribution < -0.4 is 0 Å². The molecule has 0 N–H and O–H groups in total. The number of benzene rings is 1. The average Bonchev–Trinajstić information content (AvgIpc) is 2.12. The van der Waals surface area contributed by atoms with Gasteiger partial charge in [-0.2, -0.15) is 0 Å². The van der Waals surface area contributed by atoms with Gasteiger partial charge in [0, 0.05) is 5.39 Å². The largest absolute Gasteiger partial charge is 0.241 e. The Labute approximate surface area is 85.9 Å². The summed E-state index contributed by atoms with van der Waals surface area (Å²) in [6, 6.07) is 8.25. The van der Waals surface area contributed by atoms with Crippen LogP contribution in [0.1, 0.15) is 11.1 Å². The summed E-state index contributed by atoms with van der Waals surface area (Å²) in [7, 11) is 0. The number of pyridine rings is 1. The molecule has 66 valence electrons. The first-order valence-electron chi connectivity index (χ1n) is 4.21. The van der Waals surface area contributed by atoms with E-state index in [-0.39, 0.29) is 0 Å². The van der Waals surface area contributed by atoms with Gasteiger partial charge in [-0.25, -0.2) is 4.98 Å². The van der Waals surface area contributed by atoms with Crippen LogP contribution >= 0.6 is 15.9 Å². The van der Waals surface area contributed by atoms with Crippen molar-refractivity contribution in [2.75, 3.05) is 0 Å². The molecule has 0 radical (unpaired) electrons. The Balaban J connectivity index is 2.87. The van der Waals surface area contributed by atoms with E-state index >= 15 is 0 Å². The molecule has 13 heavy (non-hydrogen) atoms. The van der Waals surface area contributed by atoms with E-state index in [0.717, 1.165) is 10.1 Å². The van der Waals surface area contributed by atoms with Crippen molar-refractivity contribution in [3.8, 4) is 0 Å². The molecule has 2 rings (SSSR count). The van der Waals surface area contributed by atoms with Crippen LogP contribution in [0.5, 0.6) is 0 Å². The summed E-state index contributed by atoms with van der Waals surface area (Å²) in [6.07, 6.45) is 0. The Morgan fingerprint density at radius 1 is 1.08 bits per heavy atom. The minimum atomic E-state index is 0.892. The topological polar surface area (TPSA) is 12.9 Å². The molecule has 0 aliphatic rings. The van der Waals surface area contributed by atoms with Crippen molar-refractivity contribution in [1.29, 1.82) is 0 Å². The lowest BCUT2D eigenvalue weighted by molar-refractivity contribution is 1.31. The zero-order valence-electron chi connectivity index (χ0n) is 7.63. The number of rotatable bonds is 0. The van der Waals surface area contributed by atoms with E-state index in [1.165, 1.54) is 16.5 Å². The van der Waals surface area contributed by atoms with Crippen molar-refractivity contribution in [1.82, 2.24) is 4.98 Å². The number of hydrogen-bond acceptors (Lipinski definition) is 1. The third-order valence-corrected chi connectivity index (χ3v) is 2.82. The molecule has 0 unspecified atom stereocenters. The van der Waals surface area contributed by atoms with E-state index in [1.54, 1.807) is 0 Å². The van der Waals surface area contributed by atoms with E-state index in [2.05, 4.69) is 53.0 Å². The molecular formula is C11H10BrN. The number of nitrogens with zero attached hydrogens (tertiary/aromatic N) is 1. The number of hydrogen-bond donors (Lipinski definition) is 0. The monoisotopic (exact) mass is 235 g/mol. The predicted molar refractivity (Wildman–Crippen MR) is 58.9 cm³/mol. The Morgan fingerprint density at radius 2 is 1.85 bits per heavy atom. The minimum absolute atomic E-state index is 0.892. The first-order valence-corrected chi connectivity index (χ1v) is 5.00. The summed E-state index contributed by atoms with van der Waals surface area (Å²) >= 11 is 3.36. The summed E-state index contributed by atoms with van der Waals surface area (Å²) in [5.74, 6) is 0. The molecule has 1 nitrogen and oxygen atoms in total. The van der Waals surface area contributed by atoms with Gasteiger partial charge in [0.2, 0.25) is 0 Å². The van der Waals surface area contributed by atoms with Gasteiger partial charge in [-0.15, -0.1) is 0 Å². The SMILES string of the molecule is Cc1ccc2nc(Br)ccc2c1C. The van der Waals surface area contributed by atoms with Gasteiger partial charge >= 0.3 is 0 Å². The quantitative estimate of drug-likeness (QED) is 0.636. The van der Waals surface area contributed by atoms with Crippen molar-refractivity contribution in [3.63, 3.8) is 0 Å². The van der Waals surface area contributed by atoms with Gasteiger partial charge in [-0.05, 0) is 59.1 Å². The number of aromatic nitrogens is 1. The smallest absolute Gasteiger partial charge is 0.106 e. The summed E-state index contributed by atoms with van der Waals surface area (Å²) in [5, 5.41) is 1.24. The fourth-order valence-corrected chi connectivity index (χ4v) is 1.76. The molecule has 0 saturated heterocycles. The predicted octanol–water partition coefficient (Wildman–Crippen LogP) is 3.61. The minimum Gasteiger partial charge on any atom is -0.241 e. The maximum absolute atomic E-state index is 4.39. The molecule has 0 bridgehead atoms. The zero-order valence-corrected chi connectivity index (χ0v) is 9.22. The lowest BCUT2D eigenvalue weighted by Crippen LogP contribution is -1.86. The van der Waals surface area contributed by atoms with Gasteiger partial charge in [0.15, 0.2) is 0 Å². The molecule has 0 amide bonds. The van der Waals surface area contributed by atoms with Crippen LogP contribution in [-0.4, -0.2) is 4.98 Å². The highest BCUT2D eigenvalue weighted by atomic mass is 79.9. The van der Waals surface area contributed by atoms with Gasteiger partial charge < -0.3 is 0 Å². The molecule has 0 saturated carbocycles. The second kappa shape index (κ2) is 3.11. The van der Waals surface area contributed by atoms with Crippen LogP contribution in [0, 0.1) is 13.8 Å². The molecule has 0 atom stereocenters. The highest BCUT2D eigenvalue weighted by molar-refractivity contribution is 9.10. The molecule has 2 aromatic rings. The Bertz CT molecular complexity index is 463. The zero-order chi connectivity index (χ0) is 9.42. The summed E-state index contributed by atoms with van der Waals surface area (Å²) in [4.78, 5) is 4.39. The molecule has 1 aromatic carbocycles. The van der Waals surface area contributed by atoms with Crippen molar-refractivity contribution < 1.29 is 0 Å². The van der Waals surface area contributed by atoms with E-state index in [1.807, 2.05) is 6.07 Å².